The van der Waals surface area contributed by atoms with Crippen molar-refractivity contribution in [2.24, 2.45) is 4.99 Å². The molecular weight excluding hydrogens is 515 g/mol. The van der Waals surface area contributed by atoms with Gasteiger partial charge in [0.1, 0.15) is 12.2 Å². The number of benzene rings is 1. The van der Waals surface area contributed by atoms with E-state index in [1.165, 1.54) is 12.0 Å². The fraction of sp³-hybridized carbons (Fsp3) is 0.571. The Morgan fingerprint density at radius 2 is 2.13 bits per heavy atom. The summed E-state index contributed by atoms with van der Waals surface area (Å²) in [5.41, 5.74) is 1.19. The fourth-order valence-electron chi connectivity index (χ4n) is 3.42. The molecule has 0 radical (unpaired) electrons. The largest absolute Gasteiger partial charge is 0.376 e. The molecule has 1 saturated heterocycles. The van der Waals surface area contributed by atoms with Gasteiger partial charge in [0.15, 0.2) is 5.96 Å². The Kier molecular flexibility index (Phi) is 10.9. The SMILES string of the molecule is CCc1nncn1CCNC(=NCC1CCCCO1)N(C)Cc1ccc(Cl)cc1.I. The predicted octanol–water partition coefficient (Wildman–Crippen LogP) is 3.76. The lowest BCUT2D eigenvalue weighted by Crippen LogP contribution is -2.40. The summed E-state index contributed by atoms with van der Waals surface area (Å²) >= 11 is 6.01. The minimum atomic E-state index is 0. The highest BCUT2D eigenvalue weighted by Gasteiger charge is 2.15. The number of nitrogens with one attached hydrogen (secondary N) is 1. The second kappa shape index (κ2) is 13.1. The molecule has 0 saturated carbocycles. The zero-order chi connectivity index (χ0) is 20.5. The first kappa shape index (κ1) is 24.9. The van der Waals surface area contributed by atoms with Gasteiger partial charge in [-0.1, -0.05) is 30.7 Å². The van der Waals surface area contributed by atoms with E-state index < -0.39 is 0 Å². The summed E-state index contributed by atoms with van der Waals surface area (Å²) in [6.45, 7) is 5.91. The van der Waals surface area contributed by atoms with Gasteiger partial charge >= 0.3 is 0 Å². The Morgan fingerprint density at radius 1 is 1.33 bits per heavy atom. The molecule has 166 valence electrons. The van der Waals surface area contributed by atoms with Crippen LogP contribution >= 0.6 is 35.6 Å². The van der Waals surface area contributed by atoms with Crippen LogP contribution in [0.3, 0.4) is 0 Å². The Labute approximate surface area is 201 Å². The third-order valence-corrected chi connectivity index (χ3v) is 5.31. The quantitative estimate of drug-likeness (QED) is 0.310. The number of aliphatic imine (C=N–C) groups is 1. The van der Waals surface area contributed by atoms with Gasteiger partial charge in [0.25, 0.3) is 0 Å². The molecule has 1 aliphatic heterocycles. The number of hydrogen-bond donors (Lipinski definition) is 1. The van der Waals surface area contributed by atoms with Crippen LogP contribution in [-0.4, -0.2) is 58.5 Å². The standard InChI is InChI=1S/C21H31ClN6O.HI/c1-3-20-26-25-16-28(20)12-11-23-21(24-14-19-6-4-5-13-29-19)27(2)15-17-7-9-18(22)10-8-17;/h7-10,16,19H,3-6,11-15H2,1-2H3,(H,23,24);1H. The van der Waals surface area contributed by atoms with Crippen molar-refractivity contribution in [3.05, 3.63) is 47.0 Å². The highest BCUT2D eigenvalue weighted by Crippen LogP contribution is 2.14. The highest BCUT2D eigenvalue weighted by atomic mass is 127. The van der Waals surface area contributed by atoms with Gasteiger partial charge in [-0.2, -0.15) is 0 Å². The van der Waals surface area contributed by atoms with Crippen LogP contribution in [0.5, 0.6) is 0 Å². The topological polar surface area (TPSA) is 67.6 Å². The zero-order valence-electron chi connectivity index (χ0n) is 17.8. The molecular formula is C21H32ClIN6O. The molecule has 9 heteroatoms. The van der Waals surface area contributed by atoms with E-state index >= 15 is 0 Å². The number of guanidine groups is 1. The first-order valence-corrected chi connectivity index (χ1v) is 10.8. The van der Waals surface area contributed by atoms with Crippen molar-refractivity contribution in [3.8, 4) is 0 Å². The van der Waals surface area contributed by atoms with Gasteiger partial charge in [0.2, 0.25) is 0 Å². The summed E-state index contributed by atoms with van der Waals surface area (Å²) in [6.07, 6.45) is 6.32. The van der Waals surface area contributed by atoms with Crippen LogP contribution in [0.25, 0.3) is 0 Å². The Balaban J connectivity index is 0.00000320. The molecule has 1 aliphatic rings. The average molecular weight is 547 g/mol. The molecule has 2 heterocycles. The first-order valence-electron chi connectivity index (χ1n) is 10.4. The average Bonchev–Trinajstić information content (AvgIpc) is 3.20. The maximum Gasteiger partial charge on any atom is 0.194 e. The number of rotatable bonds is 8. The second-order valence-electron chi connectivity index (χ2n) is 7.36. The summed E-state index contributed by atoms with van der Waals surface area (Å²) in [6, 6.07) is 7.93. The van der Waals surface area contributed by atoms with E-state index in [9.17, 15) is 0 Å². The summed E-state index contributed by atoms with van der Waals surface area (Å²) in [4.78, 5) is 7.00. The molecule has 1 aromatic heterocycles. The van der Waals surface area contributed by atoms with Gasteiger partial charge < -0.3 is 19.5 Å². The minimum Gasteiger partial charge on any atom is -0.376 e. The van der Waals surface area contributed by atoms with Crippen molar-refractivity contribution in [2.45, 2.75) is 51.8 Å². The third kappa shape index (κ3) is 7.70. The summed E-state index contributed by atoms with van der Waals surface area (Å²) in [5.74, 6) is 1.87. The molecule has 1 N–H and O–H groups in total. The molecule has 0 amide bonds. The van der Waals surface area contributed by atoms with Gasteiger partial charge in [-0.05, 0) is 37.0 Å². The lowest BCUT2D eigenvalue weighted by atomic mass is 10.1. The number of halogens is 2. The van der Waals surface area contributed by atoms with Gasteiger partial charge in [-0.3, -0.25) is 4.99 Å². The molecule has 0 spiro atoms. The van der Waals surface area contributed by atoms with Crippen LogP contribution in [0.1, 0.15) is 37.6 Å². The van der Waals surface area contributed by atoms with E-state index in [1.807, 2.05) is 24.3 Å². The number of aryl methyl sites for hydroxylation is 1. The fourth-order valence-corrected chi connectivity index (χ4v) is 3.54. The molecule has 0 bridgehead atoms. The summed E-state index contributed by atoms with van der Waals surface area (Å²) in [7, 11) is 2.05. The van der Waals surface area contributed by atoms with Gasteiger partial charge in [-0.15, -0.1) is 34.2 Å². The van der Waals surface area contributed by atoms with Crippen molar-refractivity contribution in [1.82, 2.24) is 25.0 Å². The third-order valence-electron chi connectivity index (χ3n) is 5.06. The van der Waals surface area contributed by atoms with Crippen molar-refractivity contribution in [1.29, 1.82) is 0 Å². The number of hydrogen-bond acceptors (Lipinski definition) is 4. The Morgan fingerprint density at radius 3 is 2.83 bits per heavy atom. The lowest BCUT2D eigenvalue weighted by molar-refractivity contribution is 0.0223. The Hall–Kier alpha value is -1.39. The van der Waals surface area contributed by atoms with Crippen molar-refractivity contribution >= 4 is 41.5 Å². The molecule has 1 atom stereocenters. The number of nitrogens with zero attached hydrogens (tertiary/aromatic N) is 5. The first-order chi connectivity index (χ1) is 14.2. The van der Waals surface area contributed by atoms with Crippen LogP contribution in [0, 0.1) is 0 Å². The highest BCUT2D eigenvalue weighted by molar-refractivity contribution is 14.0. The number of aromatic nitrogens is 3. The van der Waals surface area contributed by atoms with E-state index in [0.29, 0.717) is 6.54 Å². The van der Waals surface area contributed by atoms with Crippen LogP contribution in [0.4, 0.5) is 0 Å². The molecule has 1 aromatic carbocycles. The summed E-state index contributed by atoms with van der Waals surface area (Å²) in [5, 5.41) is 12.4. The van der Waals surface area contributed by atoms with Gasteiger partial charge in [0.05, 0.1) is 12.6 Å². The van der Waals surface area contributed by atoms with E-state index in [2.05, 4.69) is 39.0 Å². The maximum absolute atomic E-state index is 6.01. The van der Waals surface area contributed by atoms with Gasteiger partial charge in [0, 0.05) is 44.7 Å². The zero-order valence-corrected chi connectivity index (χ0v) is 20.8. The molecule has 1 fully saturated rings. The van der Waals surface area contributed by atoms with E-state index in [0.717, 1.165) is 62.3 Å². The molecule has 1 unspecified atom stereocenters. The predicted molar refractivity (Wildman–Crippen MR) is 132 cm³/mol. The van der Waals surface area contributed by atoms with Crippen molar-refractivity contribution in [3.63, 3.8) is 0 Å². The molecule has 0 aliphatic carbocycles. The van der Waals surface area contributed by atoms with E-state index in [-0.39, 0.29) is 30.1 Å². The number of ether oxygens (including phenoxy) is 1. The lowest BCUT2D eigenvalue weighted by Gasteiger charge is -2.25. The van der Waals surface area contributed by atoms with Crippen molar-refractivity contribution < 1.29 is 4.74 Å². The van der Waals surface area contributed by atoms with Crippen molar-refractivity contribution in [2.75, 3.05) is 26.7 Å². The normalized spacial score (nSPS) is 16.8. The molecule has 3 rings (SSSR count). The smallest absolute Gasteiger partial charge is 0.194 e. The molecule has 30 heavy (non-hydrogen) atoms. The van der Waals surface area contributed by atoms with Crippen LogP contribution < -0.4 is 5.32 Å². The van der Waals surface area contributed by atoms with E-state index in [4.69, 9.17) is 21.3 Å². The monoisotopic (exact) mass is 546 g/mol. The van der Waals surface area contributed by atoms with E-state index in [1.54, 1.807) is 6.33 Å². The van der Waals surface area contributed by atoms with Gasteiger partial charge in [-0.25, -0.2) is 0 Å². The molecule has 2 aromatic rings. The molecule has 7 nitrogen and oxygen atoms in total. The van der Waals surface area contributed by atoms with Crippen LogP contribution in [0.2, 0.25) is 5.02 Å². The second-order valence-corrected chi connectivity index (χ2v) is 7.79. The minimum absolute atomic E-state index is 0. The summed E-state index contributed by atoms with van der Waals surface area (Å²) < 4.78 is 7.92. The van der Waals surface area contributed by atoms with Crippen LogP contribution in [0.15, 0.2) is 35.6 Å². The maximum atomic E-state index is 6.01. The van der Waals surface area contributed by atoms with Crippen LogP contribution in [-0.2, 0) is 24.2 Å². The Bertz CT molecular complexity index is 776.